The third-order valence-electron chi connectivity index (χ3n) is 7.34. The number of likely N-dealkylation sites (N-methyl/N-ethyl adjacent to an activating group) is 1. The lowest BCUT2D eigenvalue weighted by Gasteiger charge is -2.32. The molecule has 5 nitrogen and oxygen atoms in total. The Balaban J connectivity index is 1.38. The van der Waals surface area contributed by atoms with Gasteiger partial charge in [-0.25, -0.2) is 0 Å². The molecule has 0 saturated carbocycles. The number of carbonyl (C=O) groups is 1. The van der Waals surface area contributed by atoms with Crippen LogP contribution in [-0.4, -0.2) is 66.5 Å². The maximum atomic E-state index is 13.4. The van der Waals surface area contributed by atoms with Crippen LogP contribution < -0.4 is 4.74 Å². The fourth-order valence-corrected chi connectivity index (χ4v) is 5.38. The van der Waals surface area contributed by atoms with E-state index >= 15 is 0 Å². The van der Waals surface area contributed by atoms with Crippen LogP contribution in [0.15, 0.2) is 54.6 Å². The SMILES string of the molecule is CCN(CC(=O)N1CCCC1c1cccc(OC)c1)C1CCN(C(C)c2ccccc2)C1. The van der Waals surface area contributed by atoms with Gasteiger partial charge in [-0.2, -0.15) is 0 Å². The number of amides is 1. The molecule has 2 aromatic rings. The highest BCUT2D eigenvalue weighted by molar-refractivity contribution is 5.79. The van der Waals surface area contributed by atoms with Crippen molar-refractivity contribution in [3.63, 3.8) is 0 Å². The van der Waals surface area contributed by atoms with Gasteiger partial charge in [-0.15, -0.1) is 0 Å². The number of nitrogens with zero attached hydrogens (tertiary/aromatic N) is 3. The van der Waals surface area contributed by atoms with Crippen LogP contribution in [0.25, 0.3) is 0 Å². The van der Waals surface area contributed by atoms with Crippen molar-refractivity contribution < 1.29 is 9.53 Å². The van der Waals surface area contributed by atoms with Gasteiger partial charge in [0.2, 0.25) is 5.91 Å². The standard InChI is InChI=1S/C27H37N3O2/c1-4-28(24-15-17-29(19-24)21(2)22-10-6-5-7-11-22)20-27(31)30-16-9-14-26(30)23-12-8-13-25(18-23)32-3/h5-8,10-13,18,21,24,26H,4,9,14-17,19-20H2,1-3H3. The number of benzene rings is 2. The molecule has 2 aromatic carbocycles. The minimum absolute atomic E-state index is 0.162. The monoisotopic (exact) mass is 435 g/mol. The van der Waals surface area contributed by atoms with Crippen LogP contribution in [-0.2, 0) is 4.79 Å². The largest absolute Gasteiger partial charge is 0.497 e. The second-order valence-electron chi connectivity index (χ2n) is 9.11. The number of methoxy groups -OCH3 is 1. The molecular weight excluding hydrogens is 398 g/mol. The predicted molar refractivity (Wildman–Crippen MR) is 129 cm³/mol. The zero-order valence-electron chi connectivity index (χ0n) is 19.7. The Morgan fingerprint density at radius 2 is 1.94 bits per heavy atom. The molecule has 2 aliphatic rings. The summed E-state index contributed by atoms with van der Waals surface area (Å²) in [6, 6.07) is 19.9. The van der Waals surface area contributed by atoms with E-state index in [0.29, 0.717) is 18.6 Å². The molecular formula is C27H37N3O2. The van der Waals surface area contributed by atoms with E-state index in [9.17, 15) is 4.79 Å². The number of likely N-dealkylation sites (tertiary alicyclic amines) is 2. The second kappa shape index (κ2) is 10.5. The highest BCUT2D eigenvalue weighted by atomic mass is 16.5. The molecule has 3 atom stereocenters. The molecule has 0 bridgehead atoms. The van der Waals surface area contributed by atoms with Crippen LogP contribution >= 0.6 is 0 Å². The van der Waals surface area contributed by atoms with Crippen molar-refractivity contribution in [1.29, 1.82) is 0 Å². The van der Waals surface area contributed by atoms with Crippen molar-refractivity contribution >= 4 is 5.91 Å². The van der Waals surface area contributed by atoms with Gasteiger partial charge in [-0.05, 0) is 56.0 Å². The van der Waals surface area contributed by atoms with Crippen molar-refractivity contribution in [3.05, 3.63) is 65.7 Å². The Hall–Kier alpha value is -2.37. The first-order valence-electron chi connectivity index (χ1n) is 12.1. The summed E-state index contributed by atoms with van der Waals surface area (Å²) in [7, 11) is 1.69. The predicted octanol–water partition coefficient (Wildman–Crippen LogP) is 4.52. The van der Waals surface area contributed by atoms with Crippen LogP contribution in [0.5, 0.6) is 5.75 Å². The molecule has 0 spiro atoms. The molecule has 0 radical (unpaired) electrons. The quantitative estimate of drug-likeness (QED) is 0.611. The van der Waals surface area contributed by atoms with Crippen LogP contribution in [0, 0.1) is 0 Å². The average molecular weight is 436 g/mol. The summed E-state index contributed by atoms with van der Waals surface area (Å²) < 4.78 is 5.40. The Bertz CT molecular complexity index is 887. The summed E-state index contributed by atoms with van der Waals surface area (Å²) in [5.41, 5.74) is 2.55. The van der Waals surface area contributed by atoms with Crippen molar-refractivity contribution in [1.82, 2.24) is 14.7 Å². The molecule has 4 rings (SSSR count). The molecule has 2 saturated heterocycles. The normalized spacial score (nSPS) is 22.4. The zero-order valence-corrected chi connectivity index (χ0v) is 19.7. The lowest BCUT2D eigenvalue weighted by molar-refractivity contribution is -0.133. The van der Waals surface area contributed by atoms with Gasteiger partial charge in [0.15, 0.2) is 0 Å². The van der Waals surface area contributed by atoms with Crippen LogP contribution in [0.4, 0.5) is 0 Å². The van der Waals surface area contributed by atoms with E-state index in [1.807, 2.05) is 12.1 Å². The first kappa shape index (κ1) is 22.8. The topological polar surface area (TPSA) is 36.0 Å². The van der Waals surface area contributed by atoms with Crippen molar-refractivity contribution in [2.24, 2.45) is 0 Å². The fraction of sp³-hybridized carbons (Fsp3) is 0.519. The molecule has 3 unspecified atom stereocenters. The summed E-state index contributed by atoms with van der Waals surface area (Å²) in [5, 5.41) is 0. The van der Waals surface area contributed by atoms with Gasteiger partial charge in [0.05, 0.1) is 19.7 Å². The molecule has 172 valence electrons. The number of rotatable bonds is 8. The molecule has 0 N–H and O–H groups in total. The number of hydrogen-bond acceptors (Lipinski definition) is 4. The van der Waals surface area contributed by atoms with Crippen LogP contribution in [0.2, 0.25) is 0 Å². The van der Waals surface area contributed by atoms with Crippen molar-refractivity contribution in [3.8, 4) is 5.75 Å². The lowest BCUT2D eigenvalue weighted by Crippen LogP contribution is -2.45. The molecule has 0 aliphatic carbocycles. The van der Waals surface area contributed by atoms with Gasteiger partial charge in [-0.3, -0.25) is 14.6 Å². The molecule has 2 fully saturated rings. The lowest BCUT2D eigenvalue weighted by atomic mass is 10.0. The molecule has 1 amide bonds. The van der Waals surface area contributed by atoms with Crippen molar-refractivity contribution in [2.45, 2.75) is 51.2 Å². The summed E-state index contributed by atoms with van der Waals surface area (Å²) in [5.74, 6) is 1.11. The second-order valence-corrected chi connectivity index (χ2v) is 9.11. The number of carbonyl (C=O) groups excluding carboxylic acids is 1. The Morgan fingerprint density at radius 1 is 1.12 bits per heavy atom. The van der Waals surface area contributed by atoms with Crippen molar-refractivity contribution in [2.75, 3.05) is 39.8 Å². The molecule has 2 heterocycles. The van der Waals surface area contributed by atoms with E-state index in [1.54, 1.807) is 7.11 Å². The van der Waals surface area contributed by atoms with E-state index in [2.05, 4.69) is 71.0 Å². The Labute approximate surface area is 193 Å². The summed E-state index contributed by atoms with van der Waals surface area (Å²) in [6.45, 7) is 8.84. The Morgan fingerprint density at radius 3 is 2.69 bits per heavy atom. The van der Waals surface area contributed by atoms with Gasteiger partial charge < -0.3 is 9.64 Å². The zero-order chi connectivity index (χ0) is 22.5. The van der Waals surface area contributed by atoms with E-state index in [4.69, 9.17) is 4.74 Å². The molecule has 0 aromatic heterocycles. The third kappa shape index (κ3) is 5.00. The molecule has 2 aliphatic heterocycles. The summed E-state index contributed by atoms with van der Waals surface area (Å²) >= 11 is 0. The third-order valence-corrected chi connectivity index (χ3v) is 7.34. The first-order valence-corrected chi connectivity index (χ1v) is 12.1. The van der Waals surface area contributed by atoms with E-state index in [1.165, 1.54) is 11.1 Å². The fourth-order valence-electron chi connectivity index (χ4n) is 5.38. The maximum absolute atomic E-state index is 13.4. The maximum Gasteiger partial charge on any atom is 0.237 e. The van der Waals surface area contributed by atoms with Gasteiger partial charge in [0, 0.05) is 31.7 Å². The minimum atomic E-state index is 0.162. The molecule has 32 heavy (non-hydrogen) atoms. The van der Waals surface area contributed by atoms with E-state index in [0.717, 1.165) is 51.2 Å². The van der Waals surface area contributed by atoms with Gasteiger partial charge >= 0.3 is 0 Å². The van der Waals surface area contributed by atoms with Crippen LogP contribution in [0.3, 0.4) is 0 Å². The minimum Gasteiger partial charge on any atom is -0.497 e. The van der Waals surface area contributed by atoms with Crippen LogP contribution in [0.1, 0.15) is 56.3 Å². The highest BCUT2D eigenvalue weighted by Gasteiger charge is 2.34. The van der Waals surface area contributed by atoms with Gasteiger partial charge in [0.1, 0.15) is 5.75 Å². The smallest absolute Gasteiger partial charge is 0.237 e. The molecule has 5 heteroatoms. The summed E-state index contributed by atoms with van der Waals surface area (Å²) in [6.07, 6.45) is 3.21. The average Bonchev–Trinajstić information content (AvgIpc) is 3.53. The van der Waals surface area contributed by atoms with Gasteiger partial charge in [0.25, 0.3) is 0 Å². The summed E-state index contributed by atoms with van der Waals surface area (Å²) in [4.78, 5) is 20.4. The van der Waals surface area contributed by atoms with E-state index in [-0.39, 0.29) is 11.9 Å². The van der Waals surface area contributed by atoms with E-state index < -0.39 is 0 Å². The van der Waals surface area contributed by atoms with Gasteiger partial charge in [-0.1, -0.05) is 49.4 Å². The first-order chi connectivity index (χ1) is 15.6. The highest BCUT2D eigenvalue weighted by Crippen LogP contribution is 2.34. The number of hydrogen-bond donors (Lipinski definition) is 0. The Kier molecular flexibility index (Phi) is 7.48. The number of ether oxygens (including phenoxy) is 1.